The lowest BCUT2D eigenvalue weighted by Crippen LogP contribution is -2.20. The third kappa shape index (κ3) is 2.99. The fraction of sp³-hybridized carbons (Fsp3) is 0.308. The Morgan fingerprint density at radius 2 is 2.24 bits per heavy atom. The number of nitriles is 1. The predicted molar refractivity (Wildman–Crippen MR) is 66.1 cm³/mol. The van der Waals surface area contributed by atoms with Gasteiger partial charge in [0.2, 0.25) is 0 Å². The van der Waals surface area contributed by atoms with Crippen LogP contribution in [-0.4, -0.2) is 20.8 Å². The van der Waals surface area contributed by atoms with Crippen molar-refractivity contribution in [3.8, 4) is 17.6 Å². The number of hydrogen-bond acceptors (Lipinski definition) is 4. The lowest BCUT2D eigenvalue weighted by Gasteiger charge is -2.16. The second-order valence-electron chi connectivity index (χ2n) is 3.34. The van der Waals surface area contributed by atoms with Crippen molar-refractivity contribution in [3.05, 3.63) is 36.4 Å². The molecule has 4 nitrogen and oxygen atoms in total. The Morgan fingerprint density at radius 1 is 1.47 bits per heavy atom. The highest BCUT2D eigenvalue weighted by molar-refractivity contribution is 5.49. The van der Waals surface area contributed by atoms with Gasteiger partial charge in [0.25, 0.3) is 0 Å². The van der Waals surface area contributed by atoms with Crippen molar-refractivity contribution in [2.24, 2.45) is 0 Å². The number of hydrogen-bond donors (Lipinski definition) is 1. The fourth-order valence-electron chi connectivity index (χ4n) is 1.57. The quantitative estimate of drug-likeness (QED) is 0.763. The van der Waals surface area contributed by atoms with Crippen molar-refractivity contribution in [2.75, 3.05) is 20.8 Å². The van der Waals surface area contributed by atoms with E-state index in [4.69, 9.17) is 14.7 Å². The monoisotopic (exact) mass is 232 g/mol. The van der Waals surface area contributed by atoms with E-state index < -0.39 is 6.04 Å². The van der Waals surface area contributed by atoms with Crippen LogP contribution in [0.2, 0.25) is 0 Å². The van der Waals surface area contributed by atoms with E-state index in [0.717, 1.165) is 5.56 Å². The second-order valence-corrected chi connectivity index (χ2v) is 3.34. The number of ether oxygens (including phenoxy) is 2. The minimum atomic E-state index is -0.446. The third-order valence-electron chi connectivity index (χ3n) is 2.34. The molecule has 0 saturated heterocycles. The van der Waals surface area contributed by atoms with Crippen molar-refractivity contribution in [1.82, 2.24) is 5.32 Å². The standard InChI is InChI=1S/C13H16N2O2/c1-4-8-15-11(9-14)10-6-5-7-12(16-2)13(10)17-3/h4-7,11,15H,1,8H2,2-3H3. The summed E-state index contributed by atoms with van der Waals surface area (Å²) >= 11 is 0. The van der Waals surface area contributed by atoms with Crippen LogP contribution in [0.5, 0.6) is 11.5 Å². The van der Waals surface area contributed by atoms with Crippen LogP contribution in [0.4, 0.5) is 0 Å². The van der Waals surface area contributed by atoms with Gasteiger partial charge in [0.1, 0.15) is 6.04 Å². The number of methoxy groups -OCH3 is 2. The SMILES string of the molecule is C=CCNC(C#N)c1cccc(OC)c1OC. The molecule has 0 saturated carbocycles. The Bertz CT molecular complexity index is 424. The highest BCUT2D eigenvalue weighted by Crippen LogP contribution is 2.34. The van der Waals surface area contributed by atoms with Crippen LogP contribution < -0.4 is 14.8 Å². The van der Waals surface area contributed by atoms with E-state index in [2.05, 4.69) is 18.0 Å². The van der Waals surface area contributed by atoms with Gasteiger partial charge in [-0.05, 0) is 6.07 Å². The van der Waals surface area contributed by atoms with Gasteiger partial charge in [-0.25, -0.2) is 0 Å². The lowest BCUT2D eigenvalue weighted by molar-refractivity contribution is 0.349. The molecular formula is C13H16N2O2. The molecule has 0 aliphatic heterocycles. The first kappa shape index (κ1) is 13.1. The summed E-state index contributed by atoms with van der Waals surface area (Å²) in [6.45, 7) is 4.16. The number of nitrogens with one attached hydrogen (secondary N) is 1. The largest absolute Gasteiger partial charge is 0.493 e. The molecular weight excluding hydrogens is 216 g/mol. The first-order valence-electron chi connectivity index (χ1n) is 5.23. The van der Waals surface area contributed by atoms with Gasteiger partial charge < -0.3 is 9.47 Å². The second kappa shape index (κ2) is 6.56. The van der Waals surface area contributed by atoms with Gasteiger partial charge in [0.05, 0.1) is 20.3 Å². The molecule has 0 aromatic heterocycles. The van der Waals surface area contributed by atoms with Crippen molar-refractivity contribution in [1.29, 1.82) is 5.26 Å². The van der Waals surface area contributed by atoms with Gasteiger partial charge in [0.15, 0.2) is 11.5 Å². The number of benzene rings is 1. The molecule has 0 aliphatic carbocycles. The van der Waals surface area contributed by atoms with Gasteiger partial charge in [0, 0.05) is 12.1 Å². The van der Waals surface area contributed by atoms with E-state index in [1.165, 1.54) is 0 Å². The molecule has 17 heavy (non-hydrogen) atoms. The summed E-state index contributed by atoms with van der Waals surface area (Å²) in [7, 11) is 3.13. The summed E-state index contributed by atoms with van der Waals surface area (Å²) in [6.07, 6.45) is 1.71. The molecule has 90 valence electrons. The molecule has 1 aromatic carbocycles. The normalized spacial score (nSPS) is 11.4. The third-order valence-corrected chi connectivity index (χ3v) is 2.34. The molecule has 0 radical (unpaired) electrons. The highest BCUT2D eigenvalue weighted by Gasteiger charge is 2.17. The number of rotatable bonds is 6. The fourth-order valence-corrected chi connectivity index (χ4v) is 1.57. The van der Waals surface area contributed by atoms with Crippen molar-refractivity contribution in [2.45, 2.75) is 6.04 Å². The molecule has 1 rings (SSSR count). The van der Waals surface area contributed by atoms with Crippen LogP contribution in [0.1, 0.15) is 11.6 Å². The minimum Gasteiger partial charge on any atom is -0.493 e. The Morgan fingerprint density at radius 3 is 2.76 bits per heavy atom. The van der Waals surface area contributed by atoms with E-state index in [0.29, 0.717) is 18.0 Å². The zero-order valence-corrected chi connectivity index (χ0v) is 10.1. The summed E-state index contributed by atoms with van der Waals surface area (Å²) in [6, 6.07) is 7.20. The highest BCUT2D eigenvalue weighted by atomic mass is 16.5. The zero-order chi connectivity index (χ0) is 12.7. The van der Waals surface area contributed by atoms with Crippen molar-refractivity contribution >= 4 is 0 Å². The average molecular weight is 232 g/mol. The number of nitrogens with zero attached hydrogens (tertiary/aromatic N) is 1. The van der Waals surface area contributed by atoms with Gasteiger partial charge in [-0.15, -0.1) is 6.58 Å². The maximum atomic E-state index is 9.15. The average Bonchev–Trinajstić information content (AvgIpc) is 2.39. The molecule has 0 heterocycles. The molecule has 0 aliphatic rings. The van der Waals surface area contributed by atoms with Crippen LogP contribution in [0.25, 0.3) is 0 Å². The Kier molecular flexibility index (Phi) is 5.05. The first-order valence-corrected chi connectivity index (χ1v) is 5.23. The van der Waals surface area contributed by atoms with Gasteiger partial charge in [-0.2, -0.15) is 5.26 Å². The van der Waals surface area contributed by atoms with Crippen LogP contribution in [0, 0.1) is 11.3 Å². The molecule has 1 unspecified atom stereocenters. The summed E-state index contributed by atoms with van der Waals surface area (Å²) < 4.78 is 10.5. The zero-order valence-electron chi connectivity index (χ0n) is 10.1. The minimum absolute atomic E-state index is 0.446. The maximum Gasteiger partial charge on any atom is 0.166 e. The topological polar surface area (TPSA) is 54.3 Å². The predicted octanol–water partition coefficient (Wildman–Crippen LogP) is 2.04. The van der Waals surface area contributed by atoms with Crippen LogP contribution in [0.15, 0.2) is 30.9 Å². The summed E-state index contributed by atoms with van der Waals surface area (Å²) in [4.78, 5) is 0. The molecule has 0 fully saturated rings. The number of para-hydroxylation sites is 1. The Hall–Kier alpha value is -1.99. The van der Waals surface area contributed by atoms with E-state index in [1.54, 1.807) is 26.4 Å². The first-order chi connectivity index (χ1) is 8.28. The van der Waals surface area contributed by atoms with E-state index in [9.17, 15) is 0 Å². The van der Waals surface area contributed by atoms with Gasteiger partial charge >= 0.3 is 0 Å². The molecule has 0 spiro atoms. The van der Waals surface area contributed by atoms with Crippen LogP contribution in [-0.2, 0) is 0 Å². The van der Waals surface area contributed by atoms with Gasteiger partial charge in [-0.1, -0.05) is 18.2 Å². The summed E-state index contributed by atoms with van der Waals surface area (Å²) in [5.41, 5.74) is 0.760. The molecule has 1 N–H and O–H groups in total. The maximum absolute atomic E-state index is 9.15. The molecule has 0 amide bonds. The van der Waals surface area contributed by atoms with Crippen molar-refractivity contribution < 1.29 is 9.47 Å². The van der Waals surface area contributed by atoms with Crippen LogP contribution >= 0.6 is 0 Å². The van der Waals surface area contributed by atoms with E-state index in [-0.39, 0.29) is 0 Å². The molecule has 1 atom stereocenters. The summed E-state index contributed by atoms with van der Waals surface area (Å²) in [5.74, 6) is 1.20. The molecule has 4 heteroatoms. The Balaban J connectivity index is 3.10. The van der Waals surface area contributed by atoms with Crippen molar-refractivity contribution in [3.63, 3.8) is 0 Å². The lowest BCUT2D eigenvalue weighted by atomic mass is 10.1. The van der Waals surface area contributed by atoms with Crippen LogP contribution in [0.3, 0.4) is 0 Å². The van der Waals surface area contributed by atoms with Gasteiger partial charge in [-0.3, -0.25) is 5.32 Å². The smallest absolute Gasteiger partial charge is 0.166 e. The Labute approximate surface area is 101 Å². The van der Waals surface area contributed by atoms with E-state index >= 15 is 0 Å². The molecule has 1 aromatic rings. The van der Waals surface area contributed by atoms with E-state index in [1.807, 2.05) is 12.1 Å². The summed E-state index contributed by atoms with van der Waals surface area (Å²) in [5, 5.41) is 12.2. The molecule has 0 bridgehead atoms.